The second-order valence-corrected chi connectivity index (χ2v) is 6.36. The molecule has 2 rings (SSSR count). The molecule has 5 heteroatoms. The zero-order chi connectivity index (χ0) is 17.7. The highest BCUT2D eigenvalue weighted by Crippen LogP contribution is 2.25. The molecule has 0 unspecified atom stereocenters. The van der Waals surface area contributed by atoms with Crippen LogP contribution >= 0.6 is 0 Å². The van der Waals surface area contributed by atoms with Crippen LogP contribution in [0.25, 0.3) is 0 Å². The van der Waals surface area contributed by atoms with Crippen molar-refractivity contribution in [1.29, 1.82) is 0 Å². The van der Waals surface area contributed by atoms with Crippen molar-refractivity contribution < 1.29 is 14.3 Å². The molecule has 1 heterocycles. The zero-order valence-corrected chi connectivity index (χ0v) is 15.0. The van der Waals surface area contributed by atoms with Gasteiger partial charge in [0.2, 0.25) is 0 Å². The summed E-state index contributed by atoms with van der Waals surface area (Å²) in [5.41, 5.74) is 2.50. The molecule has 0 saturated heterocycles. The summed E-state index contributed by atoms with van der Waals surface area (Å²) < 4.78 is 6.98. The molecule has 0 aromatic carbocycles. The van der Waals surface area contributed by atoms with Gasteiger partial charge in [-0.1, -0.05) is 25.3 Å². The van der Waals surface area contributed by atoms with Gasteiger partial charge in [0.15, 0.2) is 0 Å². The monoisotopic (exact) mass is 332 g/mol. The van der Waals surface area contributed by atoms with E-state index in [0.717, 1.165) is 31.4 Å². The Morgan fingerprint density at radius 3 is 2.54 bits per heavy atom. The van der Waals surface area contributed by atoms with E-state index in [1.807, 2.05) is 18.4 Å². The van der Waals surface area contributed by atoms with E-state index in [0.29, 0.717) is 30.0 Å². The van der Waals surface area contributed by atoms with Crippen LogP contribution < -0.4 is 5.32 Å². The van der Waals surface area contributed by atoms with Crippen LogP contribution in [0, 0.1) is 13.8 Å². The Labute approximate surface area is 144 Å². The Bertz CT molecular complexity index is 625. The van der Waals surface area contributed by atoms with Gasteiger partial charge in [0.25, 0.3) is 5.91 Å². The summed E-state index contributed by atoms with van der Waals surface area (Å²) in [4.78, 5) is 25.1. The topological polar surface area (TPSA) is 60.3 Å². The first-order valence-electron chi connectivity index (χ1n) is 8.79. The number of hydrogen-bond donors (Lipinski definition) is 1. The average Bonchev–Trinajstić information content (AvgIpc) is 2.79. The molecule has 1 aromatic rings. The minimum atomic E-state index is -0.392. The van der Waals surface area contributed by atoms with Crippen LogP contribution in [0.5, 0.6) is 0 Å². The molecule has 1 fully saturated rings. The van der Waals surface area contributed by atoms with Gasteiger partial charge in [-0.2, -0.15) is 0 Å². The summed E-state index contributed by atoms with van der Waals surface area (Å²) in [5, 5.41) is 3.14. The molecule has 1 amide bonds. The fourth-order valence-corrected chi connectivity index (χ4v) is 3.55. The van der Waals surface area contributed by atoms with Gasteiger partial charge < -0.3 is 14.6 Å². The van der Waals surface area contributed by atoms with Gasteiger partial charge >= 0.3 is 5.97 Å². The fraction of sp³-hybridized carbons (Fsp3) is 0.579. The van der Waals surface area contributed by atoms with E-state index < -0.39 is 5.97 Å². The minimum absolute atomic E-state index is 0.0924. The maximum atomic E-state index is 12.8. The Balaban J connectivity index is 2.34. The smallest absolute Gasteiger partial charge is 0.355 e. The van der Waals surface area contributed by atoms with E-state index >= 15 is 0 Å². The molecule has 1 saturated carbocycles. The van der Waals surface area contributed by atoms with Crippen molar-refractivity contribution in [3.05, 3.63) is 35.2 Å². The summed E-state index contributed by atoms with van der Waals surface area (Å²) in [6.45, 7) is 9.98. The van der Waals surface area contributed by atoms with Gasteiger partial charge in [-0.05, 0) is 39.2 Å². The highest BCUT2D eigenvalue weighted by atomic mass is 16.5. The molecule has 0 radical (unpaired) electrons. The van der Waals surface area contributed by atoms with E-state index in [1.54, 1.807) is 13.0 Å². The van der Waals surface area contributed by atoms with Crippen molar-refractivity contribution in [2.45, 2.75) is 65.5 Å². The van der Waals surface area contributed by atoms with Gasteiger partial charge in [0.05, 0.1) is 12.2 Å². The van der Waals surface area contributed by atoms with Crippen molar-refractivity contribution >= 4 is 11.9 Å². The molecule has 1 aliphatic rings. The van der Waals surface area contributed by atoms with E-state index in [9.17, 15) is 9.59 Å². The van der Waals surface area contributed by atoms with Gasteiger partial charge in [0, 0.05) is 18.3 Å². The van der Waals surface area contributed by atoms with Crippen LogP contribution in [0.1, 0.15) is 71.1 Å². The van der Waals surface area contributed by atoms with Crippen LogP contribution in [0.15, 0.2) is 12.7 Å². The molecule has 0 bridgehead atoms. The Kier molecular flexibility index (Phi) is 6.23. The number of allylic oxidation sites excluding steroid dienone is 1. The molecule has 1 aliphatic carbocycles. The molecule has 0 atom stereocenters. The largest absolute Gasteiger partial charge is 0.461 e. The van der Waals surface area contributed by atoms with Gasteiger partial charge in [-0.3, -0.25) is 4.79 Å². The minimum Gasteiger partial charge on any atom is -0.461 e. The number of nitrogens with one attached hydrogen (secondary N) is 1. The highest BCUT2D eigenvalue weighted by molar-refractivity contribution is 6.01. The molecule has 24 heavy (non-hydrogen) atoms. The number of hydrogen-bond acceptors (Lipinski definition) is 3. The van der Waals surface area contributed by atoms with Gasteiger partial charge in [-0.15, -0.1) is 6.58 Å². The van der Waals surface area contributed by atoms with Crippen LogP contribution in [0.3, 0.4) is 0 Å². The van der Waals surface area contributed by atoms with E-state index in [1.165, 1.54) is 6.42 Å². The number of ether oxygens (including phenoxy) is 1. The zero-order valence-electron chi connectivity index (χ0n) is 15.0. The molecular formula is C19H28N2O3. The normalized spacial score (nSPS) is 15.1. The maximum Gasteiger partial charge on any atom is 0.355 e. The molecule has 132 valence electrons. The van der Waals surface area contributed by atoms with Crippen molar-refractivity contribution in [3.8, 4) is 0 Å². The first kappa shape index (κ1) is 18.3. The fourth-order valence-electron chi connectivity index (χ4n) is 3.55. The molecule has 0 spiro atoms. The van der Waals surface area contributed by atoms with E-state index in [-0.39, 0.29) is 11.9 Å². The lowest BCUT2D eigenvalue weighted by Gasteiger charge is -2.23. The summed E-state index contributed by atoms with van der Waals surface area (Å²) in [7, 11) is 0. The van der Waals surface area contributed by atoms with Crippen LogP contribution in [-0.2, 0) is 11.3 Å². The predicted molar refractivity (Wildman–Crippen MR) is 94.4 cm³/mol. The Morgan fingerprint density at radius 2 is 1.96 bits per heavy atom. The van der Waals surface area contributed by atoms with Gasteiger partial charge in [-0.25, -0.2) is 4.79 Å². The maximum absolute atomic E-state index is 12.8. The number of aromatic nitrogens is 1. The number of amides is 1. The van der Waals surface area contributed by atoms with Crippen LogP contribution in [0.4, 0.5) is 0 Å². The second kappa shape index (κ2) is 8.18. The number of carbonyl (C=O) groups excluding carboxylic acids is 2. The third kappa shape index (κ3) is 3.71. The standard InChI is InChI=1S/C19H28N2O3/c1-5-12-21-14(4)16(13(3)17(21)19(23)24-6-2)18(22)20-15-10-8-7-9-11-15/h5,15H,1,6-12H2,2-4H3,(H,20,22). The lowest BCUT2D eigenvalue weighted by molar-refractivity contribution is 0.0513. The first-order valence-corrected chi connectivity index (χ1v) is 8.79. The van der Waals surface area contributed by atoms with E-state index in [4.69, 9.17) is 4.74 Å². The third-order valence-corrected chi connectivity index (χ3v) is 4.71. The first-order chi connectivity index (χ1) is 11.5. The molecule has 1 aromatic heterocycles. The predicted octanol–water partition coefficient (Wildman–Crippen LogP) is 3.53. The molecule has 1 N–H and O–H groups in total. The number of nitrogens with zero attached hydrogens (tertiary/aromatic N) is 1. The summed E-state index contributed by atoms with van der Waals surface area (Å²) in [6.07, 6.45) is 7.35. The lowest BCUT2D eigenvalue weighted by Crippen LogP contribution is -2.36. The number of carbonyl (C=O) groups is 2. The summed E-state index contributed by atoms with van der Waals surface area (Å²) in [6, 6.07) is 0.235. The molecular weight excluding hydrogens is 304 g/mol. The molecule has 5 nitrogen and oxygen atoms in total. The summed E-state index contributed by atoms with van der Waals surface area (Å²) >= 11 is 0. The SMILES string of the molecule is C=CCn1c(C)c(C(=O)NC2CCCCC2)c(C)c1C(=O)OCC. The number of rotatable bonds is 6. The molecule has 0 aliphatic heterocycles. The number of esters is 1. The average molecular weight is 332 g/mol. The van der Waals surface area contributed by atoms with Crippen LogP contribution in [0.2, 0.25) is 0 Å². The van der Waals surface area contributed by atoms with Crippen molar-refractivity contribution in [1.82, 2.24) is 9.88 Å². The lowest BCUT2D eigenvalue weighted by atomic mass is 9.95. The van der Waals surface area contributed by atoms with Crippen molar-refractivity contribution in [3.63, 3.8) is 0 Å². The van der Waals surface area contributed by atoms with Crippen molar-refractivity contribution in [2.24, 2.45) is 0 Å². The van der Waals surface area contributed by atoms with Gasteiger partial charge in [0.1, 0.15) is 5.69 Å². The summed E-state index contributed by atoms with van der Waals surface area (Å²) in [5.74, 6) is -0.484. The highest BCUT2D eigenvalue weighted by Gasteiger charge is 2.28. The Morgan fingerprint density at radius 1 is 1.29 bits per heavy atom. The van der Waals surface area contributed by atoms with Crippen LogP contribution in [-0.4, -0.2) is 29.1 Å². The van der Waals surface area contributed by atoms with Crippen molar-refractivity contribution in [2.75, 3.05) is 6.61 Å². The third-order valence-electron chi connectivity index (χ3n) is 4.71. The van der Waals surface area contributed by atoms with E-state index in [2.05, 4.69) is 11.9 Å². The quantitative estimate of drug-likeness (QED) is 0.640. The second-order valence-electron chi connectivity index (χ2n) is 6.36. The Hall–Kier alpha value is -2.04.